The number of piperazine rings is 1. The number of aromatic nitrogens is 1. The standard InChI is InChI=1S/C29H25F2N5O4S/c1-32-29(37)27-19-10-18-23(12-26(19)40-28(27)15-6-8-16(30)9-7-15)36(41(2,38)39)35-24(18)13-33-14-25(35)22-11-17-20(31)4-3-5-21(17)34-22/h3-12,24-25,33-34H,13-14H2,1-2H3,(H,32,37). The Labute approximate surface area is 233 Å². The Morgan fingerprint density at radius 1 is 1.02 bits per heavy atom. The van der Waals surface area contributed by atoms with Crippen LogP contribution in [0.1, 0.15) is 33.7 Å². The Bertz CT molecular complexity index is 1970. The second-order valence-corrected chi connectivity index (χ2v) is 12.1. The van der Waals surface area contributed by atoms with Crippen molar-refractivity contribution in [3.8, 4) is 11.3 Å². The minimum atomic E-state index is -3.83. The molecule has 41 heavy (non-hydrogen) atoms. The second-order valence-electron chi connectivity index (χ2n) is 10.3. The number of hydrazine groups is 1. The van der Waals surface area contributed by atoms with E-state index in [-0.39, 0.29) is 17.1 Å². The Kier molecular flexibility index (Phi) is 5.72. The molecule has 0 radical (unpaired) electrons. The van der Waals surface area contributed by atoms with E-state index in [0.717, 1.165) is 6.26 Å². The number of benzene rings is 3. The van der Waals surface area contributed by atoms with Crippen molar-refractivity contribution in [2.24, 2.45) is 0 Å². The predicted octanol–water partition coefficient (Wildman–Crippen LogP) is 4.60. The third-order valence-corrected chi connectivity index (χ3v) is 8.81. The van der Waals surface area contributed by atoms with Gasteiger partial charge in [0.1, 0.15) is 23.0 Å². The van der Waals surface area contributed by atoms with Gasteiger partial charge in [-0.1, -0.05) is 6.07 Å². The number of fused-ring (bicyclic) bond motifs is 5. The van der Waals surface area contributed by atoms with Crippen LogP contribution in [0.2, 0.25) is 0 Å². The van der Waals surface area contributed by atoms with Gasteiger partial charge in [-0.15, -0.1) is 0 Å². The second kappa shape index (κ2) is 9.13. The predicted molar refractivity (Wildman–Crippen MR) is 151 cm³/mol. The molecule has 9 nitrogen and oxygen atoms in total. The zero-order valence-corrected chi connectivity index (χ0v) is 22.9. The molecule has 1 amide bonds. The summed E-state index contributed by atoms with van der Waals surface area (Å²) in [5, 5.41) is 8.76. The topological polar surface area (TPSA) is 111 Å². The van der Waals surface area contributed by atoms with E-state index < -0.39 is 33.8 Å². The third-order valence-electron chi connectivity index (χ3n) is 7.79. The summed E-state index contributed by atoms with van der Waals surface area (Å²) in [6.07, 6.45) is 1.13. The third kappa shape index (κ3) is 3.93. The van der Waals surface area contributed by atoms with Crippen LogP contribution in [-0.2, 0) is 10.0 Å². The summed E-state index contributed by atoms with van der Waals surface area (Å²) in [5.41, 5.74) is 3.47. The van der Waals surface area contributed by atoms with Crippen molar-refractivity contribution in [2.45, 2.75) is 12.1 Å². The number of amides is 1. The van der Waals surface area contributed by atoms with Gasteiger partial charge in [-0.2, -0.15) is 9.42 Å². The lowest BCUT2D eigenvalue weighted by Gasteiger charge is -2.41. The molecule has 5 aromatic rings. The van der Waals surface area contributed by atoms with Gasteiger partial charge >= 0.3 is 0 Å². The number of anilines is 1. The summed E-state index contributed by atoms with van der Waals surface area (Å²) < 4.78 is 62.3. The lowest BCUT2D eigenvalue weighted by atomic mass is 9.98. The number of hydrogen-bond donors (Lipinski definition) is 3. The molecular formula is C29H25F2N5O4S. The first-order chi connectivity index (χ1) is 19.7. The van der Waals surface area contributed by atoms with Crippen LogP contribution in [0, 0.1) is 11.6 Å². The molecule has 0 spiro atoms. The van der Waals surface area contributed by atoms with Crippen molar-refractivity contribution in [1.29, 1.82) is 0 Å². The van der Waals surface area contributed by atoms with Crippen LogP contribution in [0.4, 0.5) is 14.5 Å². The number of sulfonamides is 1. The number of aromatic amines is 1. The van der Waals surface area contributed by atoms with Gasteiger partial charge in [-0.05, 0) is 54.1 Å². The van der Waals surface area contributed by atoms with Crippen molar-refractivity contribution >= 4 is 43.5 Å². The first-order valence-electron chi connectivity index (χ1n) is 13.0. The van der Waals surface area contributed by atoms with Gasteiger partial charge in [-0.3, -0.25) is 4.79 Å². The van der Waals surface area contributed by atoms with Crippen LogP contribution in [0.3, 0.4) is 0 Å². The summed E-state index contributed by atoms with van der Waals surface area (Å²) in [5.74, 6) is -0.927. The number of carbonyl (C=O) groups is 1. The van der Waals surface area contributed by atoms with Crippen molar-refractivity contribution in [3.05, 3.63) is 89.1 Å². The van der Waals surface area contributed by atoms with Crippen LogP contribution in [-0.4, -0.2) is 50.7 Å². The minimum absolute atomic E-state index is 0.255. The van der Waals surface area contributed by atoms with Gasteiger partial charge in [0.25, 0.3) is 5.91 Å². The highest BCUT2D eigenvalue weighted by molar-refractivity contribution is 7.92. The van der Waals surface area contributed by atoms with Gasteiger partial charge in [0.2, 0.25) is 10.0 Å². The van der Waals surface area contributed by atoms with Gasteiger partial charge in [0, 0.05) is 53.8 Å². The highest BCUT2D eigenvalue weighted by Crippen LogP contribution is 2.50. The smallest absolute Gasteiger partial charge is 0.255 e. The molecule has 12 heteroatoms. The molecule has 0 aliphatic carbocycles. The monoisotopic (exact) mass is 577 g/mol. The number of nitrogens with one attached hydrogen (secondary N) is 3. The van der Waals surface area contributed by atoms with E-state index in [4.69, 9.17) is 4.42 Å². The molecule has 2 aliphatic rings. The number of H-pyrrole nitrogens is 1. The fourth-order valence-corrected chi connectivity index (χ4v) is 7.13. The molecule has 3 aromatic carbocycles. The number of carbonyl (C=O) groups excluding carboxylic acids is 1. The van der Waals surface area contributed by atoms with E-state index in [9.17, 15) is 22.0 Å². The maximum Gasteiger partial charge on any atom is 0.255 e. The summed E-state index contributed by atoms with van der Waals surface area (Å²) >= 11 is 0. The molecule has 2 aromatic heterocycles. The van der Waals surface area contributed by atoms with Crippen LogP contribution >= 0.6 is 0 Å². The molecule has 4 heterocycles. The zero-order valence-electron chi connectivity index (χ0n) is 22.0. The van der Waals surface area contributed by atoms with E-state index >= 15 is 0 Å². The summed E-state index contributed by atoms with van der Waals surface area (Å²) in [4.78, 5) is 16.4. The summed E-state index contributed by atoms with van der Waals surface area (Å²) in [6.45, 7) is 0.854. The summed E-state index contributed by atoms with van der Waals surface area (Å²) in [7, 11) is -2.33. The molecule has 7 rings (SSSR count). The van der Waals surface area contributed by atoms with E-state index in [1.807, 2.05) is 0 Å². The van der Waals surface area contributed by atoms with Crippen molar-refractivity contribution in [1.82, 2.24) is 20.6 Å². The normalized spacial score (nSPS) is 19.1. The van der Waals surface area contributed by atoms with Crippen molar-refractivity contribution in [2.75, 3.05) is 30.8 Å². The molecule has 1 fully saturated rings. The molecule has 0 saturated carbocycles. The number of nitrogens with zero attached hydrogens (tertiary/aromatic N) is 2. The highest BCUT2D eigenvalue weighted by atomic mass is 32.2. The number of halogens is 2. The number of furan rings is 1. The number of hydrogen-bond acceptors (Lipinski definition) is 6. The minimum Gasteiger partial charge on any atom is -0.455 e. The van der Waals surface area contributed by atoms with Crippen LogP contribution < -0.4 is 15.0 Å². The summed E-state index contributed by atoms with van der Waals surface area (Å²) in [6, 6.07) is 14.6. The first kappa shape index (κ1) is 25.7. The molecular weight excluding hydrogens is 552 g/mol. The maximum atomic E-state index is 14.5. The largest absolute Gasteiger partial charge is 0.455 e. The Hall–Kier alpha value is -4.26. The van der Waals surface area contributed by atoms with Crippen molar-refractivity contribution in [3.63, 3.8) is 0 Å². The van der Waals surface area contributed by atoms with E-state index in [1.54, 1.807) is 35.3 Å². The van der Waals surface area contributed by atoms with Gasteiger partial charge < -0.3 is 20.0 Å². The Balaban J connectivity index is 1.42. The molecule has 3 N–H and O–H groups in total. The molecule has 2 atom stereocenters. The zero-order chi connectivity index (χ0) is 28.6. The Morgan fingerprint density at radius 2 is 1.78 bits per heavy atom. The lowest BCUT2D eigenvalue weighted by Crippen LogP contribution is -2.53. The van der Waals surface area contributed by atoms with Gasteiger partial charge in [0.05, 0.1) is 29.6 Å². The van der Waals surface area contributed by atoms with E-state index in [1.165, 1.54) is 41.8 Å². The fraction of sp³-hybridized carbons (Fsp3) is 0.207. The number of rotatable bonds is 4. The molecule has 1 saturated heterocycles. The first-order valence-corrected chi connectivity index (χ1v) is 14.9. The van der Waals surface area contributed by atoms with Crippen LogP contribution in [0.25, 0.3) is 33.2 Å². The molecule has 2 unspecified atom stereocenters. The lowest BCUT2D eigenvalue weighted by molar-refractivity contribution is 0.0964. The SMILES string of the molecule is CNC(=O)c1c(-c2ccc(F)cc2)oc2cc3c(cc12)C1CNCC(c2cc4c(F)cccc4[nH]2)N1N3S(C)(=O)=O. The molecule has 210 valence electrons. The van der Waals surface area contributed by atoms with Gasteiger partial charge in [-0.25, -0.2) is 17.2 Å². The van der Waals surface area contributed by atoms with Gasteiger partial charge in [0.15, 0.2) is 0 Å². The maximum absolute atomic E-state index is 14.5. The van der Waals surface area contributed by atoms with Crippen LogP contribution in [0.15, 0.2) is 65.1 Å². The molecule has 2 aliphatic heterocycles. The fourth-order valence-electron chi connectivity index (χ4n) is 6.05. The van der Waals surface area contributed by atoms with E-state index in [0.29, 0.717) is 57.5 Å². The quantitative estimate of drug-likeness (QED) is 0.288. The van der Waals surface area contributed by atoms with Crippen LogP contribution in [0.5, 0.6) is 0 Å². The average molecular weight is 578 g/mol. The molecule has 0 bridgehead atoms. The highest BCUT2D eigenvalue weighted by Gasteiger charge is 2.48. The van der Waals surface area contributed by atoms with Crippen molar-refractivity contribution < 1.29 is 26.4 Å². The average Bonchev–Trinajstić information content (AvgIpc) is 3.63. The van der Waals surface area contributed by atoms with E-state index in [2.05, 4.69) is 15.6 Å². The Morgan fingerprint density at radius 3 is 2.49 bits per heavy atom.